The van der Waals surface area contributed by atoms with E-state index >= 15 is 0 Å². The van der Waals surface area contributed by atoms with E-state index in [1.165, 1.54) is 11.6 Å². The van der Waals surface area contributed by atoms with Gasteiger partial charge in [0.25, 0.3) is 0 Å². The molecule has 0 aliphatic rings. The average Bonchev–Trinajstić information content (AvgIpc) is 2.83. The molecule has 1 heterocycles. The van der Waals surface area contributed by atoms with Crippen LogP contribution in [0.2, 0.25) is 0 Å². The Hall–Kier alpha value is -1.98. The van der Waals surface area contributed by atoms with Crippen molar-refractivity contribution in [1.82, 2.24) is 9.78 Å². The Kier molecular flexibility index (Phi) is 4.88. The van der Waals surface area contributed by atoms with E-state index in [1.54, 1.807) is 6.92 Å². The number of esters is 1. The number of ether oxygens (including phenoxy) is 1. The summed E-state index contributed by atoms with van der Waals surface area (Å²) in [4.78, 5) is 27.0. The van der Waals surface area contributed by atoms with Gasteiger partial charge in [0.05, 0.1) is 0 Å². The van der Waals surface area contributed by atoms with Gasteiger partial charge in [-0.2, -0.15) is 0 Å². The van der Waals surface area contributed by atoms with Gasteiger partial charge in [0.15, 0.2) is 0 Å². The van der Waals surface area contributed by atoms with Gasteiger partial charge in [0.1, 0.15) is 0 Å². The second kappa shape index (κ2) is 6.65. The number of aromatic nitrogens is 2. The zero-order chi connectivity index (χ0) is 15.4. The van der Waals surface area contributed by atoms with Gasteiger partial charge in [-0.25, -0.2) is 0 Å². The van der Waals surface area contributed by atoms with Crippen LogP contribution in [0, 0.1) is 6.92 Å². The van der Waals surface area contributed by atoms with Crippen LogP contribution in [-0.2, 0) is 9.53 Å². The Morgan fingerprint density at radius 1 is 1.33 bits per heavy atom. The normalized spacial score (nSPS) is 11.5. The van der Waals surface area contributed by atoms with Crippen molar-refractivity contribution in [3.63, 3.8) is 0 Å². The molecule has 1 aromatic heterocycles. The molecule has 0 atom stereocenters. The average molecular weight is 352 g/mol. The van der Waals surface area contributed by atoms with Crippen molar-refractivity contribution in [2.24, 2.45) is 4.99 Å². The number of aryl methyl sites for hydroxylation is 1. The van der Waals surface area contributed by atoms with E-state index in [0.29, 0.717) is 8.93 Å². The minimum absolute atomic E-state index is 0.289. The number of rotatable bonds is 3. The van der Waals surface area contributed by atoms with Gasteiger partial charge in [-0.1, -0.05) is 0 Å². The first-order valence-corrected chi connectivity index (χ1v) is 8.12. The van der Waals surface area contributed by atoms with Crippen LogP contribution < -0.4 is 4.36 Å². The molecule has 0 N–H and O–H groups in total. The van der Waals surface area contributed by atoms with Crippen LogP contribution in [0.4, 0.5) is 0 Å². The summed E-state index contributed by atoms with van der Waals surface area (Å²) >= 11 is -0.442. The fourth-order valence-corrected chi connectivity index (χ4v) is 3.39. The van der Waals surface area contributed by atoms with Crippen LogP contribution in [0.25, 0.3) is 5.69 Å². The first-order valence-electron chi connectivity index (χ1n) is 6.41. The van der Waals surface area contributed by atoms with Crippen LogP contribution in [-0.4, -0.2) is 42.8 Å². The molecule has 0 saturated heterocycles. The molecule has 0 aliphatic carbocycles. The molecule has 6 nitrogen and oxygen atoms in total. The Balaban J connectivity index is 2.55. The molecule has 0 fully saturated rings. The molecule has 0 bridgehead atoms. The molecule has 2 rings (SSSR count). The third-order valence-electron chi connectivity index (χ3n) is 2.54. The molecule has 0 unspecified atom stereocenters. The van der Waals surface area contributed by atoms with Crippen LogP contribution >= 0.6 is 0 Å². The monoisotopic (exact) mass is 353 g/mol. The van der Waals surface area contributed by atoms with Crippen LogP contribution in [0.15, 0.2) is 29.3 Å². The molecule has 1 amide bonds. The van der Waals surface area contributed by atoms with Crippen LogP contribution in [0.1, 0.15) is 28.8 Å². The van der Waals surface area contributed by atoms with E-state index in [4.69, 9.17) is 4.74 Å². The molecule has 0 saturated carbocycles. The first kappa shape index (κ1) is 15.4. The van der Waals surface area contributed by atoms with Gasteiger partial charge in [0, 0.05) is 0 Å². The predicted octanol–water partition coefficient (Wildman–Crippen LogP) is 0.862. The minimum atomic E-state index is -0.455. The quantitative estimate of drug-likeness (QED) is 0.607. The molecule has 110 valence electrons. The summed E-state index contributed by atoms with van der Waals surface area (Å²) in [5.74, 6) is -0.771. The summed E-state index contributed by atoms with van der Waals surface area (Å²) in [6, 6.07) is 7.62. The number of nitrogens with zero attached hydrogens (tertiary/aromatic N) is 3. The van der Waals surface area contributed by atoms with Crippen molar-refractivity contribution in [3.05, 3.63) is 38.8 Å². The molecule has 2 aromatic rings. The van der Waals surface area contributed by atoms with Crippen molar-refractivity contribution in [2.75, 3.05) is 6.61 Å². The van der Waals surface area contributed by atoms with Crippen LogP contribution in [0.3, 0.4) is 0 Å². The summed E-state index contributed by atoms with van der Waals surface area (Å²) < 4.78 is 7.29. The first-order chi connectivity index (χ1) is 10.0. The van der Waals surface area contributed by atoms with E-state index in [9.17, 15) is 9.59 Å². The third-order valence-corrected chi connectivity index (χ3v) is 4.41. The Labute approximate surface area is 127 Å². The van der Waals surface area contributed by atoms with Crippen molar-refractivity contribution in [3.8, 4) is 5.69 Å². The SMILES string of the molecule is CCOC(=O)c1nn(-c2ccc(C)cc2)c(=NC(C)=O)[se]1. The number of carbonyl (C=O) groups is 2. The second-order valence-corrected chi connectivity index (χ2v) is 6.29. The Morgan fingerprint density at radius 3 is 2.57 bits per heavy atom. The molecule has 0 spiro atoms. The number of hydrogen-bond donors (Lipinski definition) is 0. The van der Waals surface area contributed by atoms with E-state index < -0.39 is 20.5 Å². The zero-order valence-electron chi connectivity index (χ0n) is 12.0. The van der Waals surface area contributed by atoms with Gasteiger partial charge in [-0.3, -0.25) is 0 Å². The van der Waals surface area contributed by atoms with Gasteiger partial charge in [-0.15, -0.1) is 0 Å². The van der Waals surface area contributed by atoms with Crippen molar-refractivity contribution in [2.45, 2.75) is 20.8 Å². The number of hydrogen-bond acceptors (Lipinski definition) is 4. The van der Waals surface area contributed by atoms with Gasteiger partial charge >= 0.3 is 127 Å². The number of amides is 1. The molecule has 21 heavy (non-hydrogen) atoms. The third kappa shape index (κ3) is 3.77. The van der Waals surface area contributed by atoms with Crippen molar-refractivity contribution >= 4 is 26.4 Å². The number of carbonyl (C=O) groups excluding carboxylic acids is 2. The van der Waals surface area contributed by atoms with Gasteiger partial charge < -0.3 is 0 Å². The van der Waals surface area contributed by atoms with Gasteiger partial charge in [-0.05, 0) is 0 Å². The summed E-state index contributed by atoms with van der Waals surface area (Å²) in [6.07, 6.45) is 0. The summed E-state index contributed by atoms with van der Waals surface area (Å²) in [5.41, 5.74) is 1.88. The van der Waals surface area contributed by atoms with Crippen LogP contribution in [0.5, 0.6) is 0 Å². The molecule has 7 heteroatoms. The molecule has 1 aromatic carbocycles. The molecule has 0 aliphatic heterocycles. The topological polar surface area (TPSA) is 73.5 Å². The van der Waals surface area contributed by atoms with E-state index in [1.807, 2.05) is 31.2 Å². The molecular formula is C14H15N3O3Se. The van der Waals surface area contributed by atoms with E-state index in [2.05, 4.69) is 10.1 Å². The predicted molar refractivity (Wildman–Crippen MR) is 77.4 cm³/mol. The Bertz CT molecular complexity index is 729. The molecular weight excluding hydrogens is 337 g/mol. The summed E-state index contributed by atoms with van der Waals surface area (Å²) in [7, 11) is 0. The fraction of sp³-hybridized carbons (Fsp3) is 0.286. The molecule has 0 radical (unpaired) electrons. The number of benzene rings is 1. The summed E-state index contributed by atoms with van der Waals surface area (Å²) in [5, 5.41) is 4.26. The van der Waals surface area contributed by atoms with E-state index in [0.717, 1.165) is 11.3 Å². The fourth-order valence-electron chi connectivity index (χ4n) is 1.62. The maximum absolute atomic E-state index is 11.8. The van der Waals surface area contributed by atoms with Crippen molar-refractivity contribution < 1.29 is 14.3 Å². The zero-order valence-corrected chi connectivity index (χ0v) is 13.7. The van der Waals surface area contributed by atoms with E-state index in [-0.39, 0.29) is 12.5 Å². The summed E-state index contributed by atoms with van der Waals surface area (Å²) in [6.45, 7) is 5.38. The second-order valence-electron chi connectivity index (χ2n) is 4.29. The maximum atomic E-state index is 11.8. The standard InChI is InChI=1S/C14H15N3O3Se/c1-4-20-13(19)12-16-17(14(21-12)15-10(3)18)11-7-5-9(2)6-8-11/h5-8H,4H2,1-3H3. The van der Waals surface area contributed by atoms with Gasteiger partial charge in [0.2, 0.25) is 0 Å². The van der Waals surface area contributed by atoms with Crippen molar-refractivity contribution in [1.29, 1.82) is 0 Å². The Morgan fingerprint density at radius 2 is 2.00 bits per heavy atom.